The molecule has 1 N–H and O–H groups in total. The van der Waals surface area contributed by atoms with Crippen LogP contribution in [0.25, 0.3) is 0 Å². The van der Waals surface area contributed by atoms with Crippen molar-refractivity contribution in [1.29, 1.82) is 5.41 Å². The fourth-order valence-corrected chi connectivity index (χ4v) is 1.84. The minimum atomic E-state index is 0.304. The zero-order valence-electron chi connectivity index (χ0n) is 11.2. The lowest BCUT2D eigenvalue weighted by Gasteiger charge is -2.27. The number of likely N-dealkylation sites (N-methyl/N-ethyl adjacent to an activating group) is 1. The summed E-state index contributed by atoms with van der Waals surface area (Å²) < 4.78 is 5.34. The normalized spacial score (nSPS) is 12.0. The minimum absolute atomic E-state index is 0.304. The van der Waals surface area contributed by atoms with Crippen LogP contribution in [-0.2, 0) is 6.42 Å². The molecule has 0 amide bonds. The number of rotatable bonds is 5. The monoisotopic (exact) mass is 234 g/mol. The SMILES string of the molecule is CCC(=N)N(C)C(C)Cc1ccccc1OC. The molecule has 0 spiro atoms. The minimum Gasteiger partial charge on any atom is -0.496 e. The summed E-state index contributed by atoms with van der Waals surface area (Å²) in [5.74, 6) is 1.60. The predicted molar refractivity (Wildman–Crippen MR) is 71.9 cm³/mol. The maximum Gasteiger partial charge on any atom is 0.122 e. The van der Waals surface area contributed by atoms with E-state index in [1.54, 1.807) is 7.11 Å². The van der Waals surface area contributed by atoms with Crippen molar-refractivity contribution in [1.82, 2.24) is 4.90 Å². The number of methoxy groups -OCH3 is 1. The summed E-state index contributed by atoms with van der Waals surface area (Å²) in [6.45, 7) is 4.14. The fourth-order valence-electron chi connectivity index (χ4n) is 1.84. The van der Waals surface area contributed by atoms with Gasteiger partial charge in [-0.1, -0.05) is 25.1 Å². The number of para-hydroxylation sites is 1. The molecule has 0 saturated carbocycles. The highest BCUT2D eigenvalue weighted by Crippen LogP contribution is 2.20. The lowest BCUT2D eigenvalue weighted by molar-refractivity contribution is 0.367. The van der Waals surface area contributed by atoms with Crippen LogP contribution in [-0.4, -0.2) is 30.9 Å². The molecule has 0 aliphatic rings. The maximum absolute atomic E-state index is 7.83. The highest BCUT2D eigenvalue weighted by Gasteiger charge is 2.13. The van der Waals surface area contributed by atoms with Crippen LogP contribution in [0, 0.1) is 5.41 Å². The zero-order valence-corrected chi connectivity index (χ0v) is 11.2. The Kier molecular flexibility index (Phi) is 5.01. The van der Waals surface area contributed by atoms with Crippen molar-refractivity contribution in [3.05, 3.63) is 29.8 Å². The molecule has 0 aromatic heterocycles. The summed E-state index contributed by atoms with van der Waals surface area (Å²) in [5.41, 5.74) is 1.19. The molecule has 1 rings (SSSR count). The average Bonchev–Trinajstić information content (AvgIpc) is 2.37. The standard InChI is InChI=1S/C14H22N2O/c1-5-14(15)16(3)11(2)10-12-8-6-7-9-13(12)17-4/h6-9,11,15H,5,10H2,1-4H3. The summed E-state index contributed by atoms with van der Waals surface area (Å²) in [6.07, 6.45) is 1.66. The second-order valence-corrected chi connectivity index (χ2v) is 4.28. The van der Waals surface area contributed by atoms with E-state index in [0.717, 1.165) is 18.6 Å². The largest absolute Gasteiger partial charge is 0.496 e. The second kappa shape index (κ2) is 6.28. The van der Waals surface area contributed by atoms with E-state index in [-0.39, 0.29) is 0 Å². The van der Waals surface area contributed by atoms with Crippen molar-refractivity contribution in [2.75, 3.05) is 14.2 Å². The quantitative estimate of drug-likeness (QED) is 0.628. The Morgan fingerprint density at radius 3 is 2.65 bits per heavy atom. The molecule has 1 unspecified atom stereocenters. The first-order chi connectivity index (χ1) is 8.10. The van der Waals surface area contributed by atoms with Gasteiger partial charge in [0.1, 0.15) is 5.75 Å². The van der Waals surface area contributed by atoms with Gasteiger partial charge in [0, 0.05) is 19.5 Å². The highest BCUT2D eigenvalue weighted by molar-refractivity contribution is 5.78. The van der Waals surface area contributed by atoms with E-state index in [1.165, 1.54) is 5.56 Å². The first kappa shape index (κ1) is 13.6. The molecule has 1 aromatic carbocycles. The van der Waals surface area contributed by atoms with Gasteiger partial charge in [-0.25, -0.2) is 0 Å². The van der Waals surface area contributed by atoms with Gasteiger partial charge < -0.3 is 9.64 Å². The molecule has 0 radical (unpaired) electrons. The summed E-state index contributed by atoms with van der Waals surface area (Å²) in [7, 11) is 3.67. The summed E-state index contributed by atoms with van der Waals surface area (Å²) in [4.78, 5) is 2.02. The number of benzene rings is 1. The number of nitrogens with one attached hydrogen (secondary N) is 1. The van der Waals surface area contributed by atoms with Crippen LogP contribution in [0.5, 0.6) is 5.75 Å². The van der Waals surface area contributed by atoms with Crippen LogP contribution >= 0.6 is 0 Å². The van der Waals surface area contributed by atoms with E-state index in [1.807, 2.05) is 37.1 Å². The van der Waals surface area contributed by atoms with Crippen LogP contribution in [0.15, 0.2) is 24.3 Å². The molecule has 3 heteroatoms. The molecular formula is C14H22N2O. The number of amidine groups is 1. The molecule has 0 saturated heterocycles. The molecule has 0 fully saturated rings. The van der Waals surface area contributed by atoms with E-state index < -0.39 is 0 Å². The molecule has 0 bridgehead atoms. The Morgan fingerprint density at radius 2 is 2.06 bits per heavy atom. The van der Waals surface area contributed by atoms with Crippen molar-refractivity contribution in [3.8, 4) is 5.75 Å². The van der Waals surface area contributed by atoms with Crippen molar-refractivity contribution < 1.29 is 4.74 Å². The predicted octanol–water partition coefficient (Wildman–Crippen LogP) is 2.95. The third kappa shape index (κ3) is 3.48. The third-order valence-electron chi connectivity index (χ3n) is 3.13. The molecular weight excluding hydrogens is 212 g/mol. The Morgan fingerprint density at radius 1 is 1.41 bits per heavy atom. The molecule has 3 nitrogen and oxygen atoms in total. The topological polar surface area (TPSA) is 36.3 Å². The number of hydrogen-bond donors (Lipinski definition) is 1. The van der Waals surface area contributed by atoms with Crippen LogP contribution in [0.1, 0.15) is 25.8 Å². The molecule has 0 aliphatic heterocycles. The van der Waals surface area contributed by atoms with Gasteiger partial charge in [0.05, 0.1) is 12.9 Å². The van der Waals surface area contributed by atoms with Crippen LogP contribution in [0.4, 0.5) is 0 Å². The van der Waals surface area contributed by atoms with E-state index >= 15 is 0 Å². The number of nitrogens with zero attached hydrogens (tertiary/aromatic N) is 1. The van der Waals surface area contributed by atoms with E-state index in [4.69, 9.17) is 10.1 Å². The van der Waals surface area contributed by atoms with Gasteiger partial charge in [0.25, 0.3) is 0 Å². The van der Waals surface area contributed by atoms with Gasteiger partial charge in [-0.2, -0.15) is 0 Å². The maximum atomic E-state index is 7.83. The molecule has 1 aromatic rings. The number of ether oxygens (including phenoxy) is 1. The lowest BCUT2D eigenvalue weighted by atomic mass is 10.0. The molecule has 0 aliphatic carbocycles. The smallest absolute Gasteiger partial charge is 0.122 e. The van der Waals surface area contributed by atoms with Gasteiger partial charge in [-0.05, 0) is 25.0 Å². The van der Waals surface area contributed by atoms with Gasteiger partial charge in [-0.15, -0.1) is 0 Å². The van der Waals surface area contributed by atoms with E-state index in [2.05, 4.69) is 13.0 Å². The molecule has 1 atom stereocenters. The second-order valence-electron chi connectivity index (χ2n) is 4.28. The van der Waals surface area contributed by atoms with Crippen molar-refractivity contribution >= 4 is 5.84 Å². The highest BCUT2D eigenvalue weighted by atomic mass is 16.5. The molecule has 17 heavy (non-hydrogen) atoms. The first-order valence-corrected chi connectivity index (χ1v) is 6.02. The van der Waals surface area contributed by atoms with Gasteiger partial charge in [0.15, 0.2) is 0 Å². The van der Waals surface area contributed by atoms with E-state index in [0.29, 0.717) is 11.9 Å². The van der Waals surface area contributed by atoms with Crippen molar-refractivity contribution in [2.45, 2.75) is 32.7 Å². The Hall–Kier alpha value is -1.51. The Balaban J connectivity index is 2.73. The van der Waals surface area contributed by atoms with E-state index in [9.17, 15) is 0 Å². The Labute approximate surface area is 104 Å². The van der Waals surface area contributed by atoms with Gasteiger partial charge in [0.2, 0.25) is 0 Å². The lowest BCUT2D eigenvalue weighted by Crippen LogP contribution is -2.35. The third-order valence-corrected chi connectivity index (χ3v) is 3.13. The van der Waals surface area contributed by atoms with Crippen LogP contribution in [0.3, 0.4) is 0 Å². The fraction of sp³-hybridized carbons (Fsp3) is 0.500. The van der Waals surface area contributed by atoms with Crippen molar-refractivity contribution in [3.63, 3.8) is 0 Å². The van der Waals surface area contributed by atoms with Crippen molar-refractivity contribution in [2.24, 2.45) is 0 Å². The molecule has 0 heterocycles. The van der Waals surface area contributed by atoms with Gasteiger partial charge in [-0.3, -0.25) is 5.41 Å². The first-order valence-electron chi connectivity index (χ1n) is 6.02. The Bertz CT molecular complexity index is 376. The summed E-state index contributed by atoms with van der Waals surface area (Å²) >= 11 is 0. The van der Waals surface area contributed by atoms with Crippen LogP contribution in [0.2, 0.25) is 0 Å². The number of hydrogen-bond acceptors (Lipinski definition) is 2. The summed E-state index contributed by atoms with van der Waals surface area (Å²) in [6, 6.07) is 8.37. The average molecular weight is 234 g/mol. The zero-order chi connectivity index (χ0) is 12.8. The van der Waals surface area contributed by atoms with Crippen LogP contribution < -0.4 is 4.74 Å². The summed E-state index contributed by atoms with van der Waals surface area (Å²) in [5, 5.41) is 7.83. The van der Waals surface area contributed by atoms with Gasteiger partial charge >= 0.3 is 0 Å². The molecule has 94 valence electrons.